The largest absolute Gasteiger partial charge is 0.469 e. The summed E-state index contributed by atoms with van der Waals surface area (Å²) in [7, 11) is 3.13. The summed E-state index contributed by atoms with van der Waals surface area (Å²) in [6.45, 7) is 4.18. The molecule has 0 radical (unpaired) electrons. The van der Waals surface area contributed by atoms with E-state index < -0.39 is 11.5 Å². The van der Waals surface area contributed by atoms with Gasteiger partial charge in [-0.15, -0.1) is 0 Å². The maximum absolute atomic E-state index is 14.3. The predicted molar refractivity (Wildman–Crippen MR) is 155 cm³/mol. The number of nitrogens with zero attached hydrogens (tertiary/aromatic N) is 2. The van der Waals surface area contributed by atoms with Gasteiger partial charge in [0.2, 0.25) is 0 Å². The highest BCUT2D eigenvalue weighted by Crippen LogP contribution is 2.45. The Kier molecular flexibility index (Phi) is 8.82. The van der Waals surface area contributed by atoms with Gasteiger partial charge in [0.25, 0.3) is 5.91 Å². The second-order valence-corrected chi connectivity index (χ2v) is 10.0. The fourth-order valence-corrected chi connectivity index (χ4v) is 5.21. The van der Waals surface area contributed by atoms with Crippen LogP contribution in [-0.4, -0.2) is 42.4 Å². The maximum atomic E-state index is 14.3. The molecule has 0 bridgehead atoms. The van der Waals surface area contributed by atoms with E-state index in [1.807, 2.05) is 98.9 Å². The smallest absolute Gasteiger partial charge is 0.310 e. The number of allylic oxidation sites excluding steroid dienone is 4. The van der Waals surface area contributed by atoms with E-state index in [0.29, 0.717) is 5.70 Å². The van der Waals surface area contributed by atoms with Gasteiger partial charge in [-0.3, -0.25) is 9.59 Å². The molecule has 5 heteroatoms. The Bertz CT molecular complexity index is 1250. The van der Waals surface area contributed by atoms with Crippen LogP contribution >= 0.6 is 0 Å². The van der Waals surface area contributed by atoms with Crippen molar-refractivity contribution in [2.24, 2.45) is 11.8 Å². The molecule has 0 saturated carbocycles. The Hall–Kier alpha value is -4.38. The molecule has 0 aromatic heterocycles. The molecule has 3 aromatic carbocycles. The number of benzene rings is 3. The Morgan fingerprint density at radius 1 is 0.795 bits per heavy atom. The zero-order valence-corrected chi connectivity index (χ0v) is 23.0. The number of rotatable bonds is 9. The first-order chi connectivity index (χ1) is 18.9. The minimum Gasteiger partial charge on any atom is -0.469 e. The van der Waals surface area contributed by atoms with Crippen LogP contribution in [0.25, 0.3) is 0 Å². The highest BCUT2D eigenvalue weighted by molar-refractivity contribution is 5.94. The van der Waals surface area contributed by atoms with Crippen molar-refractivity contribution >= 4 is 11.9 Å². The fourth-order valence-electron chi connectivity index (χ4n) is 5.21. The van der Waals surface area contributed by atoms with Crippen molar-refractivity contribution in [1.29, 1.82) is 0 Å². The van der Waals surface area contributed by atoms with Gasteiger partial charge < -0.3 is 14.5 Å². The molecule has 39 heavy (non-hydrogen) atoms. The first-order valence-corrected chi connectivity index (χ1v) is 13.3. The lowest BCUT2D eigenvalue weighted by atomic mass is 9.75. The average Bonchev–Trinajstić information content (AvgIpc) is 3.23. The number of likely N-dealkylation sites (N-methyl/N-ethyl adjacent to an activating group) is 1. The number of carbonyl (C=O) groups excluding carboxylic acids is 2. The minimum absolute atomic E-state index is 0.0174. The Morgan fingerprint density at radius 3 is 1.72 bits per heavy atom. The van der Waals surface area contributed by atoms with Crippen LogP contribution < -0.4 is 0 Å². The number of methoxy groups -OCH3 is 1. The minimum atomic E-state index is -0.853. The lowest BCUT2D eigenvalue weighted by Crippen LogP contribution is -2.49. The summed E-state index contributed by atoms with van der Waals surface area (Å²) in [5.41, 5.74) is 2.69. The van der Waals surface area contributed by atoms with E-state index in [4.69, 9.17) is 4.74 Å². The quantitative estimate of drug-likeness (QED) is 0.251. The summed E-state index contributed by atoms with van der Waals surface area (Å²) < 4.78 is 5.04. The summed E-state index contributed by atoms with van der Waals surface area (Å²) in [5.74, 6) is -0.919. The van der Waals surface area contributed by atoms with Gasteiger partial charge >= 0.3 is 5.97 Å². The van der Waals surface area contributed by atoms with Crippen LogP contribution in [0, 0.1) is 11.8 Å². The lowest BCUT2D eigenvalue weighted by Gasteiger charge is -2.46. The van der Waals surface area contributed by atoms with Crippen molar-refractivity contribution in [2.45, 2.75) is 19.4 Å². The second-order valence-electron chi connectivity index (χ2n) is 10.0. The molecule has 1 aliphatic heterocycles. The van der Waals surface area contributed by atoms with Crippen LogP contribution in [0.1, 0.15) is 30.5 Å². The van der Waals surface area contributed by atoms with Crippen LogP contribution in [0.15, 0.2) is 127 Å². The Balaban J connectivity index is 1.91. The molecule has 0 spiro atoms. The van der Waals surface area contributed by atoms with Crippen molar-refractivity contribution in [3.8, 4) is 0 Å². The van der Waals surface area contributed by atoms with Gasteiger partial charge in [0.05, 0.1) is 13.0 Å². The second kappa shape index (κ2) is 12.4. The number of ether oxygens (including phenoxy) is 1. The Labute approximate surface area is 231 Å². The van der Waals surface area contributed by atoms with Crippen molar-refractivity contribution in [3.05, 3.63) is 144 Å². The molecule has 1 amide bonds. The number of hydrogen-bond donors (Lipinski definition) is 0. The molecule has 0 aliphatic carbocycles. The standard InChI is InChI=1S/C34H36N2O3/c1-26(2)30(33(38)39-4)25-35(3)32(37)31-23-15-8-16-24-36(31)34(27-17-9-5-10-18-27,28-19-11-6-12-20-28)29-21-13-7-14-22-29/h5-24,26,30H,25H2,1-4H3/t30-/m0/s1. The monoisotopic (exact) mass is 520 g/mol. The summed E-state index contributed by atoms with van der Waals surface area (Å²) in [5, 5.41) is 0. The van der Waals surface area contributed by atoms with E-state index in [1.54, 1.807) is 11.9 Å². The number of carbonyl (C=O) groups is 2. The highest BCUT2D eigenvalue weighted by atomic mass is 16.5. The van der Waals surface area contributed by atoms with E-state index in [2.05, 4.69) is 41.3 Å². The van der Waals surface area contributed by atoms with Crippen LogP contribution in [0.5, 0.6) is 0 Å². The molecule has 1 heterocycles. The normalized spacial score (nSPS) is 14.0. The van der Waals surface area contributed by atoms with Gasteiger partial charge in [-0.2, -0.15) is 0 Å². The Morgan fingerprint density at radius 2 is 1.28 bits per heavy atom. The summed E-state index contributed by atoms with van der Waals surface area (Å²) >= 11 is 0. The molecule has 4 rings (SSSR count). The van der Waals surface area contributed by atoms with E-state index in [-0.39, 0.29) is 24.3 Å². The van der Waals surface area contributed by atoms with Gasteiger partial charge in [-0.1, -0.05) is 117 Å². The third-order valence-corrected chi connectivity index (χ3v) is 7.25. The molecule has 0 saturated heterocycles. The third-order valence-electron chi connectivity index (χ3n) is 7.25. The van der Waals surface area contributed by atoms with E-state index in [0.717, 1.165) is 16.7 Å². The van der Waals surface area contributed by atoms with Gasteiger partial charge in [0.15, 0.2) is 0 Å². The molecule has 0 N–H and O–H groups in total. The topological polar surface area (TPSA) is 49.9 Å². The number of amides is 1. The fraction of sp³-hybridized carbons (Fsp3) is 0.235. The van der Waals surface area contributed by atoms with Crippen molar-refractivity contribution in [1.82, 2.24) is 9.80 Å². The molecular formula is C34H36N2O3. The van der Waals surface area contributed by atoms with Gasteiger partial charge in [-0.25, -0.2) is 0 Å². The molecular weight excluding hydrogens is 484 g/mol. The van der Waals surface area contributed by atoms with E-state index >= 15 is 0 Å². The number of esters is 1. The summed E-state index contributed by atoms with van der Waals surface area (Å²) in [4.78, 5) is 30.5. The van der Waals surface area contributed by atoms with Crippen LogP contribution in [0.2, 0.25) is 0 Å². The maximum Gasteiger partial charge on any atom is 0.310 e. The van der Waals surface area contributed by atoms with Crippen molar-refractivity contribution in [2.75, 3.05) is 20.7 Å². The first-order valence-electron chi connectivity index (χ1n) is 13.3. The summed E-state index contributed by atoms with van der Waals surface area (Å²) in [6.07, 6.45) is 9.57. The van der Waals surface area contributed by atoms with Crippen molar-refractivity contribution < 1.29 is 14.3 Å². The van der Waals surface area contributed by atoms with Gasteiger partial charge in [-0.05, 0) is 34.8 Å². The zero-order chi connectivity index (χ0) is 27.8. The summed E-state index contributed by atoms with van der Waals surface area (Å²) in [6, 6.07) is 30.8. The van der Waals surface area contributed by atoms with Gasteiger partial charge in [0, 0.05) is 19.8 Å². The first kappa shape index (κ1) is 27.6. The predicted octanol–water partition coefficient (Wildman–Crippen LogP) is 6.15. The van der Waals surface area contributed by atoms with E-state index in [1.165, 1.54) is 7.11 Å². The molecule has 1 atom stereocenters. The van der Waals surface area contributed by atoms with E-state index in [9.17, 15) is 9.59 Å². The molecule has 0 fully saturated rings. The SMILES string of the molecule is COC(=O)[C@@H](CN(C)C(=O)C1=CC=CC=CN1C(c1ccccc1)(c1ccccc1)c1ccccc1)C(C)C. The van der Waals surface area contributed by atoms with Crippen LogP contribution in [-0.2, 0) is 19.9 Å². The molecule has 0 unspecified atom stereocenters. The average molecular weight is 521 g/mol. The molecule has 3 aromatic rings. The number of hydrogen-bond acceptors (Lipinski definition) is 4. The molecule has 200 valence electrons. The highest BCUT2D eigenvalue weighted by Gasteiger charge is 2.44. The lowest BCUT2D eigenvalue weighted by molar-refractivity contribution is -0.148. The zero-order valence-electron chi connectivity index (χ0n) is 23.0. The van der Waals surface area contributed by atoms with Crippen LogP contribution in [0.3, 0.4) is 0 Å². The van der Waals surface area contributed by atoms with Crippen LogP contribution in [0.4, 0.5) is 0 Å². The molecule has 1 aliphatic rings. The van der Waals surface area contributed by atoms with Crippen molar-refractivity contribution in [3.63, 3.8) is 0 Å². The molecule has 5 nitrogen and oxygen atoms in total. The van der Waals surface area contributed by atoms with Gasteiger partial charge in [0.1, 0.15) is 11.2 Å². The third kappa shape index (κ3) is 5.58.